The molecule has 1 aliphatic heterocycles. The molecule has 50 heavy (non-hydrogen) atoms. The highest BCUT2D eigenvalue weighted by Gasteiger charge is 2.24. The van der Waals surface area contributed by atoms with Crippen LogP contribution in [0.5, 0.6) is 0 Å². The van der Waals surface area contributed by atoms with Gasteiger partial charge >= 0.3 is 0 Å². The molecule has 6 rings (SSSR count). The van der Waals surface area contributed by atoms with E-state index in [9.17, 15) is 10.1 Å². The highest BCUT2D eigenvalue weighted by atomic mass is 16.1. The average Bonchev–Trinajstić information content (AvgIpc) is 3.74. The molecule has 0 spiro atoms. The summed E-state index contributed by atoms with van der Waals surface area (Å²) in [5, 5.41) is 20.9. The van der Waals surface area contributed by atoms with Crippen molar-refractivity contribution in [3.05, 3.63) is 101 Å². The molecule has 1 amide bonds. The summed E-state index contributed by atoms with van der Waals surface area (Å²) in [4.78, 5) is 25.0. The van der Waals surface area contributed by atoms with Crippen LogP contribution in [0.4, 0.5) is 22.7 Å². The lowest BCUT2D eigenvalue weighted by Gasteiger charge is -2.35. The maximum absolute atomic E-state index is 13.6. The number of hydrogen-bond donors (Lipinski definition) is 2. The number of anilines is 4. The zero-order valence-electron chi connectivity index (χ0n) is 29.7. The zero-order valence-corrected chi connectivity index (χ0v) is 29.7. The second kappa shape index (κ2) is 14.5. The molecular formula is C39H44N10O. The number of nitriles is 1. The van der Waals surface area contributed by atoms with Crippen molar-refractivity contribution in [2.75, 3.05) is 69.4 Å². The monoisotopic (exact) mass is 668 g/mol. The van der Waals surface area contributed by atoms with Crippen LogP contribution in [-0.2, 0) is 12.0 Å². The summed E-state index contributed by atoms with van der Waals surface area (Å²) in [6.07, 6.45) is 7.49. The van der Waals surface area contributed by atoms with Crippen molar-refractivity contribution in [2.45, 2.75) is 32.7 Å². The van der Waals surface area contributed by atoms with Crippen molar-refractivity contribution >= 4 is 34.3 Å². The predicted molar refractivity (Wildman–Crippen MR) is 199 cm³/mol. The Balaban J connectivity index is 1.22. The summed E-state index contributed by atoms with van der Waals surface area (Å²) < 4.78 is 3.87. The van der Waals surface area contributed by atoms with Crippen LogP contribution in [0.2, 0.25) is 0 Å². The molecule has 2 aromatic carbocycles. The maximum atomic E-state index is 13.6. The third-order valence-corrected chi connectivity index (χ3v) is 9.09. The second-order valence-corrected chi connectivity index (χ2v) is 13.7. The van der Waals surface area contributed by atoms with Crippen LogP contribution in [0, 0.1) is 30.1 Å². The summed E-state index contributed by atoms with van der Waals surface area (Å²) in [6.45, 7) is 11.2. The van der Waals surface area contributed by atoms with E-state index >= 15 is 0 Å². The lowest BCUT2D eigenvalue weighted by molar-refractivity contribution is 0.102. The van der Waals surface area contributed by atoms with E-state index in [-0.39, 0.29) is 5.91 Å². The smallest absolute Gasteiger partial charge is 0.255 e. The molecule has 11 nitrogen and oxygen atoms in total. The topological polar surface area (TPSA) is 110 Å². The van der Waals surface area contributed by atoms with Gasteiger partial charge in [-0.25, -0.2) is 4.98 Å². The SMILES string of the molecule is Cc1ccc(C(=O)Nc2cc(N3CCN(C)CC3)cc(C(C)(C)C#N)c2)cc1C#Cc1cnc2c(Nc3cnn(CCN(C)C)c3)cccn12. The summed E-state index contributed by atoms with van der Waals surface area (Å²) in [5.41, 5.74) is 7.25. The van der Waals surface area contributed by atoms with Gasteiger partial charge in [0, 0.05) is 67.6 Å². The number of carbonyl (C=O) groups is 1. The van der Waals surface area contributed by atoms with Gasteiger partial charge < -0.3 is 25.3 Å². The van der Waals surface area contributed by atoms with Crippen molar-refractivity contribution in [1.82, 2.24) is 29.0 Å². The van der Waals surface area contributed by atoms with E-state index in [0.29, 0.717) is 11.3 Å². The number of pyridine rings is 1. The molecule has 0 atom stereocenters. The fourth-order valence-corrected chi connectivity index (χ4v) is 5.80. The van der Waals surface area contributed by atoms with Crippen molar-refractivity contribution in [3.63, 3.8) is 0 Å². The number of rotatable bonds is 9. The first-order chi connectivity index (χ1) is 24.0. The van der Waals surface area contributed by atoms with E-state index in [2.05, 4.69) is 66.4 Å². The molecule has 0 bridgehead atoms. The molecule has 256 valence electrons. The van der Waals surface area contributed by atoms with Gasteiger partial charge in [0.2, 0.25) is 0 Å². The van der Waals surface area contributed by atoms with E-state index in [1.807, 2.05) is 105 Å². The summed E-state index contributed by atoms with van der Waals surface area (Å²) in [7, 11) is 6.21. The van der Waals surface area contributed by atoms with Gasteiger partial charge in [-0.2, -0.15) is 10.4 Å². The predicted octanol–water partition coefficient (Wildman–Crippen LogP) is 5.35. The number of piperazine rings is 1. The minimum absolute atomic E-state index is 0.236. The third kappa shape index (κ3) is 7.81. The van der Waals surface area contributed by atoms with Crippen LogP contribution in [0.15, 0.2) is 73.3 Å². The number of hydrogen-bond acceptors (Lipinski definition) is 8. The number of benzene rings is 2. The highest BCUT2D eigenvalue weighted by Crippen LogP contribution is 2.31. The molecule has 11 heteroatoms. The van der Waals surface area contributed by atoms with Gasteiger partial charge in [-0.15, -0.1) is 0 Å². The van der Waals surface area contributed by atoms with Crippen molar-refractivity contribution in [3.8, 4) is 17.9 Å². The summed E-state index contributed by atoms with van der Waals surface area (Å²) in [6, 6.07) is 17.9. The quantitative estimate of drug-likeness (QED) is 0.203. The number of aryl methyl sites for hydroxylation is 1. The number of fused-ring (bicyclic) bond motifs is 1. The van der Waals surface area contributed by atoms with Crippen molar-refractivity contribution < 1.29 is 4.79 Å². The van der Waals surface area contributed by atoms with Crippen LogP contribution >= 0.6 is 0 Å². The molecule has 5 aromatic rings. The lowest BCUT2D eigenvalue weighted by atomic mass is 9.85. The third-order valence-electron chi connectivity index (χ3n) is 9.09. The molecule has 0 radical (unpaired) electrons. The zero-order chi connectivity index (χ0) is 35.4. The van der Waals surface area contributed by atoms with Gasteiger partial charge in [-0.1, -0.05) is 12.0 Å². The first-order valence-corrected chi connectivity index (χ1v) is 16.8. The minimum Gasteiger partial charge on any atom is -0.369 e. The number of imidazole rings is 1. The molecule has 0 aliphatic carbocycles. The van der Waals surface area contributed by atoms with Gasteiger partial charge in [-0.3, -0.25) is 13.9 Å². The molecule has 0 unspecified atom stereocenters. The van der Waals surface area contributed by atoms with E-state index < -0.39 is 5.41 Å². The van der Waals surface area contributed by atoms with E-state index in [0.717, 1.165) is 84.4 Å². The standard InChI is InChI=1S/C39H44N10O/c1-28-9-10-30(38(50)44-32-21-31(39(2,3)27-40)22-35(23-32)47-17-15-46(6)16-18-47)20-29(28)11-12-34-25-41-37-36(8-7-13-49(34)37)43-33-24-42-48(26-33)19-14-45(4)5/h7-10,13,20-26,43H,14-19H2,1-6H3,(H,44,50). The number of nitrogens with zero attached hydrogens (tertiary/aromatic N) is 8. The fraction of sp³-hybridized carbons (Fsp3) is 0.333. The van der Waals surface area contributed by atoms with Crippen molar-refractivity contribution in [2.24, 2.45) is 0 Å². The Morgan fingerprint density at radius 3 is 2.58 bits per heavy atom. The van der Waals surface area contributed by atoms with Crippen LogP contribution in [-0.4, -0.2) is 88.7 Å². The van der Waals surface area contributed by atoms with Gasteiger partial charge in [0.05, 0.1) is 41.8 Å². The van der Waals surface area contributed by atoms with Gasteiger partial charge in [0.15, 0.2) is 5.65 Å². The second-order valence-electron chi connectivity index (χ2n) is 13.7. The van der Waals surface area contributed by atoms with E-state index in [1.54, 1.807) is 6.20 Å². The van der Waals surface area contributed by atoms with Crippen LogP contribution < -0.4 is 15.5 Å². The molecule has 0 saturated carbocycles. The van der Waals surface area contributed by atoms with Crippen LogP contribution in [0.1, 0.15) is 46.6 Å². The first-order valence-electron chi connectivity index (χ1n) is 16.8. The Morgan fingerprint density at radius 2 is 1.82 bits per heavy atom. The highest BCUT2D eigenvalue weighted by molar-refractivity contribution is 6.05. The summed E-state index contributed by atoms with van der Waals surface area (Å²) in [5.74, 6) is 6.31. The Labute approximate surface area is 294 Å². The van der Waals surface area contributed by atoms with Gasteiger partial charge in [0.1, 0.15) is 5.69 Å². The maximum Gasteiger partial charge on any atom is 0.255 e. The Bertz CT molecular complexity index is 2120. The molecule has 1 saturated heterocycles. The average molecular weight is 669 g/mol. The van der Waals surface area contributed by atoms with Gasteiger partial charge in [0.25, 0.3) is 5.91 Å². The Hall–Kier alpha value is -5.62. The molecule has 3 aromatic heterocycles. The van der Waals surface area contributed by atoms with E-state index in [1.165, 1.54) is 0 Å². The number of nitrogens with one attached hydrogen (secondary N) is 2. The normalized spacial score (nSPS) is 13.6. The number of carbonyl (C=O) groups excluding carboxylic acids is 1. The minimum atomic E-state index is -0.710. The molecule has 1 aliphatic rings. The van der Waals surface area contributed by atoms with Gasteiger partial charge in [-0.05, 0) is 101 Å². The lowest BCUT2D eigenvalue weighted by Crippen LogP contribution is -2.44. The molecule has 1 fully saturated rings. The Kier molecular flexibility index (Phi) is 9.91. The molecule has 2 N–H and O–H groups in total. The summed E-state index contributed by atoms with van der Waals surface area (Å²) >= 11 is 0. The van der Waals surface area contributed by atoms with Crippen molar-refractivity contribution in [1.29, 1.82) is 5.26 Å². The Morgan fingerprint density at radius 1 is 1.02 bits per heavy atom. The molecular weight excluding hydrogens is 624 g/mol. The number of aromatic nitrogens is 4. The van der Waals surface area contributed by atoms with Crippen LogP contribution in [0.25, 0.3) is 5.65 Å². The largest absolute Gasteiger partial charge is 0.369 e. The van der Waals surface area contributed by atoms with Crippen LogP contribution in [0.3, 0.4) is 0 Å². The number of amides is 1. The molecule has 4 heterocycles. The van der Waals surface area contributed by atoms with E-state index in [4.69, 9.17) is 0 Å². The number of likely N-dealkylation sites (N-methyl/N-ethyl adjacent to an activating group) is 2. The first kappa shape index (κ1) is 34.3. The fourth-order valence-electron chi connectivity index (χ4n) is 5.80.